The van der Waals surface area contributed by atoms with Crippen molar-refractivity contribution < 1.29 is 5.11 Å². The van der Waals surface area contributed by atoms with Gasteiger partial charge in [-0.2, -0.15) is 0 Å². The summed E-state index contributed by atoms with van der Waals surface area (Å²) in [6, 6.07) is 0. The highest BCUT2D eigenvalue weighted by Gasteiger charge is 2.16. The molecular weight excluding hydrogens is 76.1 g/mol. The molecule has 0 atom stereocenters. The van der Waals surface area contributed by atoms with Crippen LogP contribution in [-0.2, 0) is 0 Å². The zero-order chi connectivity index (χ0) is 5.21. The molecule has 0 radical (unpaired) electrons. The zero-order valence-electron chi connectivity index (χ0n) is 4.52. The van der Waals surface area contributed by atoms with Gasteiger partial charge in [-0.25, -0.2) is 0 Å². The molecule has 0 saturated heterocycles. The van der Waals surface area contributed by atoms with Gasteiger partial charge in [-0.15, -0.1) is 0 Å². The number of rotatable bonds is 1. The van der Waals surface area contributed by atoms with Crippen LogP contribution >= 0.6 is 0 Å². The third kappa shape index (κ3) is 3.83. The molecule has 0 aromatic rings. The van der Waals surface area contributed by atoms with E-state index < -0.39 is 5.60 Å². The van der Waals surface area contributed by atoms with Crippen LogP contribution in [0.25, 0.3) is 0 Å². The largest absolute Gasteiger partial charge is 0.351 e. The Morgan fingerprint density at radius 3 is 1.67 bits per heavy atom. The highest BCUT2D eigenvalue weighted by molar-refractivity contribution is 4.78. The first-order valence-corrected chi connectivity index (χ1v) is 2.09. The third-order valence-corrected chi connectivity index (χ3v) is 0.706. The van der Waals surface area contributed by atoms with Crippen LogP contribution in [0.5, 0.6) is 0 Å². The van der Waals surface area contributed by atoms with Crippen molar-refractivity contribution in [3.8, 4) is 0 Å². The van der Waals surface area contributed by atoms with Crippen LogP contribution in [0.2, 0.25) is 0 Å². The molecule has 36 valence electrons. The monoisotopic (exact) mass is 87.1 g/mol. The number of aliphatic hydroxyl groups is 1. The minimum absolute atomic E-state index is 0.583. The fourth-order valence-electron chi connectivity index (χ4n) is 0. The summed E-state index contributed by atoms with van der Waals surface area (Å²) in [5.74, 6) is 0. The van der Waals surface area contributed by atoms with Crippen molar-refractivity contribution in [2.75, 3.05) is 0 Å². The van der Waals surface area contributed by atoms with E-state index in [1.54, 1.807) is 20.3 Å². The molecule has 0 amide bonds. The first-order chi connectivity index (χ1) is 2.56. The minimum atomic E-state index is -0.583. The highest BCUT2D eigenvalue weighted by Crippen LogP contribution is 2.02. The van der Waals surface area contributed by atoms with Crippen LogP contribution in [-0.4, -0.2) is 10.7 Å². The molecule has 0 spiro atoms. The van der Waals surface area contributed by atoms with Gasteiger partial charge in [0.1, 0.15) is 6.42 Å². The summed E-state index contributed by atoms with van der Waals surface area (Å²) < 4.78 is 0. The summed E-state index contributed by atoms with van der Waals surface area (Å²) in [6.07, 6.45) is 1.74. The van der Waals surface area contributed by atoms with Crippen molar-refractivity contribution in [3.63, 3.8) is 0 Å². The summed E-state index contributed by atoms with van der Waals surface area (Å²) in [5.41, 5.74) is -0.583. The Labute approximate surface area is 39.0 Å². The topological polar surface area (TPSA) is 20.2 Å². The lowest BCUT2D eigenvalue weighted by Crippen LogP contribution is -2.16. The van der Waals surface area contributed by atoms with Crippen LogP contribution in [0.3, 0.4) is 0 Å². The zero-order valence-corrected chi connectivity index (χ0v) is 4.52. The highest BCUT2D eigenvalue weighted by atomic mass is 16.3. The number of hydrogen-bond acceptors (Lipinski definition) is 1. The first-order valence-electron chi connectivity index (χ1n) is 2.09. The van der Waals surface area contributed by atoms with E-state index in [0.717, 1.165) is 0 Å². The maximum Gasteiger partial charge on any atom is 0.198 e. The van der Waals surface area contributed by atoms with Crippen LogP contribution in [0.1, 0.15) is 20.8 Å². The molecule has 1 N–H and O–H groups in total. The molecule has 0 heterocycles. The van der Waals surface area contributed by atoms with Crippen LogP contribution in [0, 0.1) is 6.42 Å². The fourth-order valence-corrected chi connectivity index (χ4v) is 0. The molecule has 6 heavy (non-hydrogen) atoms. The SMILES string of the molecule is C[CH+]C(C)(C)O. The van der Waals surface area contributed by atoms with Crippen molar-refractivity contribution in [1.82, 2.24) is 0 Å². The predicted molar refractivity (Wildman–Crippen MR) is 26.3 cm³/mol. The first kappa shape index (κ1) is 5.83. The van der Waals surface area contributed by atoms with Crippen molar-refractivity contribution >= 4 is 0 Å². The minimum Gasteiger partial charge on any atom is -0.351 e. The second-order valence-electron chi connectivity index (χ2n) is 1.94. The van der Waals surface area contributed by atoms with Gasteiger partial charge in [0.05, 0.1) is 6.92 Å². The molecule has 0 aliphatic rings. The summed E-state index contributed by atoms with van der Waals surface area (Å²) >= 11 is 0. The Balaban J connectivity index is 3.17. The van der Waals surface area contributed by atoms with E-state index in [2.05, 4.69) is 0 Å². The summed E-state index contributed by atoms with van der Waals surface area (Å²) in [4.78, 5) is 0. The van der Waals surface area contributed by atoms with Crippen LogP contribution in [0.4, 0.5) is 0 Å². The maximum absolute atomic E-state index is 8.77. The van der Waals surface area contributed by atoms with Gasteiger partial charge in [-0.05, 0) is 0 Å². The molecule has 1 nitrogen and oxygen atoms in total. The van der Waals surface area contributed by atoms with E-state index in [1.165, 1.54) is 0 Å². The quantitative estimate of drug-likeness (QED) is 0.473. The van der Waals surface area contributed by atoms with Crippen LogP contribution in [0.15, 0.2) is 0 Å². The molecule has 0 saturated carbocycles. The normalized spacial score (nSPS) is 11.3. The van der Waals surface area contributed by atoms with Gasteiger partial charge in [-0.3, -0.25) is 0 Å². The van der Waals surface area contributed by atoms with E-state index >= 15 is 0 Å². The second kappa shape index (κ2) is 1.52. The van der Waals surface area contributed by atoms with E-state index in [-0.39, 0.29) is 0 Å². The fraction of sp³-hybridized carbons (Fsp3) is 0.800. The molecule has 0 aliphatic heterocycles. The molecule has 0 aliphatic carbocycles. The Bertz CT molecular complexity index is 33.7. The summed E-state index contributed by atoms with van der Waals surface area (Å²) in [6.45, 7) is 5.32. The van der Waals surface area contributed by atoms with E-state index in [1.807, 2.05) is 6.92 Å². The molecule has 0 rings (SSSR count). The standard InChI is InChI=1S/C5H11O/c1-4-5(2,3)6/h4,6H,1-3H3/q+1. The lowest BCUT2D eigenvalue weighted by Gasteiger charge is -2.01. The smallest absolute Gasteiger partial charge is 0.198 e. The molecule has 0 bridgehead atoms. The van der Waals surface area contributed by atoms with Gasteiger partial charge in [0.15, 0.2) is 5.60 Å². The molecule has 0 aromatic heterocycles. The van der Waals surface area contributed by atoms with E-state index in [0.29, 0.717) is 0 Å². The Hall–Kier alpha value is -0.170. The van der Waals surface area contributed by atoms with Crippen molar-refractivity contribution in [1.29, 1.82) is 0 Å². The number of hydrogen-bond donors (Lipinski definition) is 1. The van der Waals surface area contributed by atoms with Gasteiger partial charge in [0, 0.05) is 13.8 Å². The predicted octanol–water partition coefficient (Wildman–Crippen LogP) is 0.981. The van der Waals surface area contributed by atoms with E-state index in [9.17, 15) is 0 Å². The lowest BCUT2D eigenvalue weighted by molar-refractivity contribution is 0.116. The maximum atomic E-state index is 8.77. The van der Waals surface area contributed by atoms with Gasteiger partial charge in [-0.1, -0.05) is 0 Å². The van der Waals surface area contributed by atoms with Gasteiger partial charge < -0.3 is 5.11 Å². The van der Waals surface area contributed by atoms with Crippen LogP contribution < -0.4 is 0 Å². The van der Waals surface area contributed by atoms with Crippen molar-refractivity contribution in [3.05, 3.63) is 6.42 Å². The Kier molecular flexibility index (Phi) is 1.48. The molecule has 1 heteroatoms. The summed E-state index contributed by atoms with van der Waals surface area (Å²) in [5, 5.41) is 8.77. The Morgan fingerprint density at radius 2 is 1.67 bits per heavy atom. The molecule has 0 fully saturated rings. The average molecular weight is 87.1 g/mol. The lowest BCUT2D eigenvalue weighted by atomic mass is 10.1. The van der Waals surface area contributed by atoms with Crippen molar-refractivity contribution in [2.24, 2.45) is 0 Å². The molecule has 0 unspecified atom stereocenters. The third-order valence-electron chi connectivity index (χ3n) is 0.706. The summed E-state index contributed by atoms with van der Waals surface area (Å²) in [7, 11) is 0. The second-order valence-corrected chi connectivity index (χ2v) is 1.94. The van der Waals surface area contributed by atoms with Gasteiger partial charge in [0.25, 0.3) is 0 Å². The van der Waals surface area contributed by atoms with Gasteiger partial charge >= 0.3 is 0 Å². The van der Waals surface area contributed by atoms with Crippen molar-refractivity contribution in [2.45, 2.75) is 26.4 Å². The Morgan fingerprint density at radius 1 is 1.50 bits per heavy atom. The van der Waals surface area contributed by atoms with E-state index in [4.69, 9.17) is 5.11 Å². The molecule has 0 aromatic carbocycles. The molecular formula is C5H11O+. The van der Waals surface area contributed by atoms with Gasteiger partial charge in [0.2, 0.25) is 0 Å². The average Bonchev–Trinajstić information content (AvgIpc) is 1.35.